The maximum absolute atomic E-state index is 11.6. The third-order valence-electron chi connectivity index (χ3n) is 4.85. The molecule has 0 aliphatic heterocycles. The fourth-order valence-electron chi connectivity index (χ4n) is 2.82. The molecule has 2 nitrogen and oxygen atoms in total. The van der Waals surface area contributed by atoms with Crippen molar-refractivity contribution in [3.63, 3.8) is 0 Å². The van der Waals surface area contributed by atoms with Gasteiger partial charge in [-0.2, -0.15) is 0 Å². The van der Waals surface area contributed by atoms with Crippen LogP contribution in [0.3, 0.4) is 0 Å². The molecule has 2 aliphatic rings. The second-order valence-corrected chi connectivity index (χ2v) is 11.7. The lowest BCUT2D eigenvalue weighted by molar-refractivity contribution is -0.149. The van der Waals surface area contributed by atoms with Gasteiger partial charge in [-0.1, -0.05) is 20.8 Å². The molecule has 0 bridgehead atoms. The first-order valence-corrected chi connectivity index (χ1v) is 9.32. The highest BCUT2D eigenvalue weighted by atomic mass is 28.4. The lowest BCUT2D eigenvalue weighted by atomic mass is 9.71. The Kier molecular flexibility index (Phi) is 2.63. The van der Waals surface area contributed by atoms with Crippen LogP contribution >= 0.6 is 0 Å². The van der Waals surface area contributed by atoms with Crippen LogP contribution in [0.15, 0.2) is 0 Å². The summed E-state index contributed by atoms with van der Waals surface area (Å²) >= 11 is 0. The highest BCUT2D eigenvalue weighted by Gasteiger charge is 2.60. The number of hydrogen-bond acceptors (Lipinski definition) is 2. The Morgan fingerprint density at radius 2 is 2.00 bits per heavy atom. The predicted octanol–water partition coefficient (Wildman–Crippen LogP) is 3.52. The van der Waals surface area contributed by atoms with Gasteiger partial charge in [-0.25, -0.2) is 0 Å². The lowest BCUT2D eigenvalue weighted by Crippen LogP contribution is -2.59. The molecule has 2 aliphatic carbocycles. The van der Waals surface area contributed by atoms with E-state index >= 15 is 0 Å². The number of rotatable bonds is 2. The number of carbonyl (C=O) groups excluding carboxylic acids is 1. The van der Waals surface area contributed by atoms with Crippen molar-refractivity contribution in [3.8, 4) is 0 Å². The number of fused-ring (bicyclic) bond motifs is 1. The van der Waals surface area contributed by atoms with Crippen LogP contribution in [0.25, 0.3) is 0 Å². The van der Waals surface area contributed by atoms with Gasteiger partial charge in [0.25, 0.3) is 0 Å². The molecule has 2 saturated carbocycles. The van der Waals surface area contributed by atoms with Crippen LogP contribution in [0.1, 0.15) is 46.5 Å². The number of carbonyl (C=O) groups is 1. The van der Waals surface area contributed by atoms with Gasteiger partial charge in [0, 0.05) is 12.3 Å². The first-order chi connectivity index (χ1) is 7.18. The van der Waals surface area contributed by atoms with E-state index in [4.69, 9.17) is 4.43 Å². The summed E-state index contributed by atoms with van der Waals surface area (Å²) in [6.45, 7) is 11.4. The number of hydrogen-bond donors (Lipinski definition) is 0. The average molecular weight is 240 g/mol. The van der Waals surface area contributed by atoms with E-state index in [1.807, 2.05) is 0 Å². The average Bonchev–Trinajstić information content (AvgIpc) is 2.39. The highest BCUT2D eigenvalue weighted by Crippen LogP contribution is 2.54. The van der Waals surface area contributed by atoms with Gasteiger partial charge >= 0.3 is 0 Å². The maximum Gasteiger partial charge on any atom is 0.192 e. The largest absolute Gasteiger partial charge is 0.410 e. The molecule has 2 unspecified atom stereocenters. The first-order valence-electron chi connectivity index (χ1n) is 6.41. The summed E-state index contributed by atoms with van der Waals surface area (Å²) in [6.07, 6.45) is 4.03. The predicted molar refractivity (Wildman–Crippen MR) is 68.0 cm³/mol. The molecule has 3 heteroatoms. The van der Waals surface area contributed by atoms with E-state index in [1.54, 1.807) is 0 Å². The van der Waals surface area contributed by atoms with Crippen molar-refractivity contribution in [3.05, 3.63) is 0 Å². The quantitative estimate of drug-likeness (QED) is 0.690. The molecule has 16 heavy (non-hydrogen) atoms. The highest BCUT2D eigenvalue weighted by molar-refractivity contribution is 6.74. The van der Waals surface area contributed by atoms with Crippen LogP contribution in [0, 0.1) is 5.92 Å². The summed E-state index contributed by atoms with van der Waals surface area (Å²) < 4.78 is 6.54. The van der Waals surface area contributed by atoms with Gasteiger partial charge in [-0.3, -0.25) is 4.79 Å². The molecule has 0 N–H and O–H groups in total. The van der Waals surface area contributed by atoms with Crippen LogP contribution in [0.5, 0.6) is 0 Å². The standard InChI is InChI=1S/C13H24O2Si/c1-12(2,3)16(4,5)15-13-8-6-7-10(13)11(14)9-13/h10H,6-9H2,1-5H3. The van der Waals surface area contributed by atoms with Gasteiger partial charge in [0.1, 0.15) is 5.78 Å². The Morgan fingerprint density at radius 1 is 1.38 bits per heavy atom. The van der Waals surface area contributed by atoms with Crippen LogP contribution in [0.2, 0.25) is 18.1 Å². The van der Waals surface area contributed by atoms with E-state index in [9.17, 15) is 4.79 Å². The summed E-state index contributed by atoms with van der Waals surface area (Å²) in [6, 6.07) is 0. The minimum atomic E-state index is -1.71. The molecule has 2 fully saturated rings. The van der Waals surface area contributed by atoms with Gasteiger partial charge in [-0.15, -0.1) is 0 Å². The van der Waals surface area contributed by atoms with Crippen molar-refractivity contribution in [2.75, 3.05) is 0 Å². The van der Waals surface area contributed by atoms with Crippen molar-refractivity contribution in [2.24, 2.45) is 5.92 Å². The molecule has 0 heterocycles. The Balaban J connectivity index is 2.13. The Labute approximate surface area is 99.9 Å². The van der Waals surface area contributed by atoms with Crippen molar-refractivity contribution in [1.29, 1.82) is 0 Å². The molecule has 0 aromatic carbocycles. The summed E-state index contributed by atoms with van der Waals surface area (Å²) in [7, 11) is -1.71. The van der Waals surface area contributed by atoms with E-state index in [0.29, 0.717) is 12.2 Å². The van der Waals surface area contributed by atoms with Crippen molar-refractivity contribution < 1.29 is 9.22 Å². The second kappa shape index (κ2) is 3.42. The zero-order valence-electron chi connectivity index (χ0n) is 11.2. The van der Waals surface area contributed by atoms with E-state index in [-0.39, 0.29) is 16.6 Å². The Hall–Kier alpha value is -0.153. The molecule has 92 valence electrons. The molecule has 0 amide bonds. The third-order valence-corrected chi connectivity index (χ3v) is 9.38. The summed E-state index contributed by atoms with van der Waals surface area (Å²) in [5.41, 5.74) is -0.0416. The fourth-order valence-corrected chi connectivity index (χ4v) is 4.45. The van der Waals surface area contributed by atoms with Gasteiger partial charge in [-0.05, 0) is 37.4 Å². The summed E-state index contributed by atoms with van der Waals surface area (Å²) in [5.74, 6) is 0.679. The summed E-state index contributed by atoms with van der Waals surface area (Å²) in [5, 5.41) is 0.244. The zero-order chi connectivity index (χ0) is 12.2. The molecule has 0 aromatic heterocycles. The molecular formula is C13H24O2Si. The van der Waals surface area contributed by atoms with Crippen LogP contribution in [-0.2, 0) is 9.22 Å². The minimum absolute atomic E-state index is 0.0416. The Morgan fingerprint density at radius 3 is 2.50 bits per heavy atom. The molecular weight excluding hydrogens is 216 g/mol. The molecule has 2 rings (SSSR count). The molecule has 0 spiro atoms. The van der Waals surface area contributed by atoms with Crippen molar-refractivity contribution in [1.82, 2.24) is 0 Å². The normalized spacial score (nSPS) is 34.8. The fraction of sp³-hybridized carbons (Fsp3) is 0.923. The Bertz CT molecular complexity index is 316. The molecule has 0 saturated heterocycles. The van der Waals surface area contributed by atoms with Crippen molar-refractivity contribution >= 4 is 14.1 Å². The van der Waals surface area contributed by atoms with Crippen molar-refractivity contribution in [2.45, 2.75) is 70.2 Å². The first kappa shape index (κ1) is 12.3. The van der Waals surface area contributed by atoms with Crippen LogP contribution in [0.4, 0.5) is 0 Å². The van der Waals surface area contributed by atoms with E-state index in [2.05, 4.69) is 33.9 Å². The topological polar surface area (TPSA) is 26.3 Å². The van der Waals surface area contributed by atoms with E-state index < -0.39 is 8.32 Å². The summed E-state index contributed by atoms with van der Waals surface area (Å²) in [4.78, 5) is 11.6. The molecule has 0 radical (unpaired) electrons. The monoisotopic (exact) mass is 240 g/mol. The van der Waals surface area contributed by atoms with Gasteiger partial charge in [0.15, 0.2) is 8.32 Å². The van der Waals surface area contributed by atoms with Gasteiger partial charge in [0.05, 0.1) is 5.60 Å². The number of ketones is 1. The zero-order valence-corrected chi connectivity index (χ0v) is 12.2. The van der Waals surface area contributed by atoms with E-state index in [1.165, 1.54) is 6.42 Å². The van der Waals surface area contributed by atoms with Gasteiger partial charge in [0.2, 0.25) is 0 Å². The van der Waals surface area contributed by atoms with Crippen LogP contribution in [-0.4, -0.2) is 19.7 Å². The second-order valence-electron chi connectivity index (χ2n) is 7.02. The lowest BCUT2D eigenvalue weighted by Gasteiger charge is -2.51. The third kappa shape index (κ3) is 1.68. The van der Waals surface area contributed by atoms with Crippen LogP contribution < -0.4 is 0 Å². The molecule has 2 atom stereocenters. The minimum Gasteiger partial charge on any atom is -0.410 e. The molecule has 0 aromatic rings. The maximum atomic E-state index is 11.6. The number of Topliss-reactive ketones (excluding diaryl/α,β-unsaturated/α-hetero) is 1. The SMILES string of the molecule is CC(C)(C)[Si](C)(C)OC12CCCC1C(=O)C2. The van der Waals surface area contributed by atoms with E-state index in [0.717, 1.165) is 12.8 Å². The van der Waals surface area contributed by atoms with Gasteiger partial charge < -0.3 is 4.43 Å². The smallest absolute Gasteiger partial charge is 0.192 e.